The van der Waals surface area contributed by atoms with E-state index >= 15 is 0 Å². The molecule has 30 heavy (non-hydrogen) atoms. The lowest BCUT2D eigenvalue weighted by molar-refractivity contribution is -0.116. The Balaban J connectivity index is 1.89. The van der Waals surface area contributed by atoms with Gasteiger partial charge in [-0.3, -0.25) is 4.79 Å². The minimum atomic E-state index is -3.97. The molecule has 0 aliphatic carbocycles. The van der Waals surface area contributed by atoms with E-state index in [1.807, 2.05) is 6.07 Å². The molecule has 3 aromatic rings. The summed E-state index contributed by atoms with van der Waals surface area (Å²) in [6, 6.07) is 19.7. The highest BCUT2D eigenvalue weighted by Gasteiger charge is 2.27. The van der Waals surface area contributed by atoms with Crippen molar-refractivity contribution < 1.29 is 13.2 Å². The molecule has 156 valence electrons. The molecule has 0 aliphatic rings. The number of sulfonamides is 1. The van der Waals surface area contributed by atoms with Crippen molar-refractivity contribution in [1.29, 1.82) is 0 Å². The Kier molecular flexibility index (Phi) is 7.55. The first-order chi connectivity index (χ1) is 14.3. The number of benzene rings is 3. The van der Waals surface area contributed by atoms with E-state index < -0.39 is 15.9 Å². The summed E-state index contributed by atoms with van der Waals surface area (Å²) >= 11 is 15.3. The van der Waals surface area contributed by atoms with Gasteiger partial charge in [0.15, 0.2) is 0 Å². The number of carbonyl (C=O) groups is 1. The zero-order valence-electron chi connectivity index (χ0n) is 15.6. The first kappa shape index (κ1) is 22.8. The van der Waals surface area contributed by atoms with Crippen molar-refractivity contribution >= 4 is 60.7 Å². The average Bonchev–Trinajstić information content (AvgIpc) is 2.69. The van der Waals surface area contributed by atoms with Crippen LogP contribution in [0.2, 0.25) is 10.0 Å². The summed E-state index contributed by atoms with van der Waals surface area (Å²) in [7, 11) is -3.97. The lowest BCUT2D eigenvalue weighted by Gasteiger charge is -2.22. The normalized spacial score (nSPS) is 11.5. The van der Waals surface area contributed by atoms with E-state index in [0.29, 0.717) is 25.8 Å². The van der Waals surface area contributed by atoms with Crippen LogP contribution in [-0.2, 0) is 21.4 Å². The summed E-state index contributed by atoms with van der Waals surface area (Å²) < 4.78 is 28.3. The first-order valence-electron chi connectivity index (χ1n) is 8.80. The molecule has 3 aromatic carbocycles. The number of nitrogens with zero attached hydrogens (tertiary/aromatic N) is 1. The third-order valence-electron chi connectivity index (χ3n) is 4.17. The van der Waals surface area contributed by atoms with Gasteiger partial charge in [0, 0.05) is 21.1 Å². The molecule has 1 N–H and O–H groups in total. The maximum absolute atomic E-state index is 13.2. The van der Waals surface area contributed by atoms with Gasteiger partial charge >= 0.3 is 0 Å². The molecule has 0 saturated carbocycles. The van der Waals surface area contributed by atoms with Gasteiger partial charge in [-0.25, -0.2) is 8.42 Å². The molecule has 9 heteroatoms. The Labute approximate surface area is 193 Å². The van der Waals surface area contributed by atoms with Crippen LogP contribution in [0.4, 0.5) is 5.69 Å². The van der Waals surface area contributed by atoms with Crippen LogP contribution in [0.1, 0.15) is 5.56 Å². The number of para-hydroxylation sites is 1. The third-order valence-corrected chi connectivity index (χ3v) is 7.15. The molecule has 0 heterocycles. The summed E-state index contributed by atoms with van der Waals surface area (Å²) in [6.45, 7) is -0.395. The van der Waals surface area contributed by atoms with Crippen molar-refractivity contribution in [3.05, 3.63) is 92.9 Å². The summed E-state index contributed by atoms with van der Waals surface area (Å²) in [6.07, 6.45) is 0. The summed E-state index contributed by atoms with van der Waals surface area (Å²) in [5.74, 6) is -0.471. The van der Waals surface area contributed by atoms with Gasteiger partial charge < -0.3 is 5.32 Å². The van der Waals surface area contributed by atoms with Crippen molar-refractivity contribution in [2.75, 3.05) is 11.9 Å². The predicted molar refractivity (Wildman–Crippen MR) is 123 cm³/mol. The molecular formula is C21H17BrCl2N2O3S. The van der Waals surface area contributed by atoms with E-state index in [0.717, 1.165) is 4.31 Å². The van der Waals surface area contributed by atoms with Crippen LogP contribution in [0.5, 0.6) is 0 Å². The molecule has 0 aromatic heterocycles. The number of anilines is 1. The molecular weight excluding hydrogens is 511 g/mol. The summed E-state index contributed by atoms with van der Waals surface area (Å²) in [5.41, 5.74) is 1.21. The van der Waals surface area contributed by atoms with Crippen molar-refractivity contribution in [2.24, 2.45) is 0 Å². The number of carbonyl (C=O) groups excluding carboxylic acids is 1. The van der Waals surface area contributed by atoms with Gasteiger partial charge in [-0.05, 0) is 70.0 Å². The second-order valence-electron chi connectivity index (χ2n) is 6.38. The number of hydrogen-bond donors (Lipinski definition) is 1. The van der Waals surface area contributed by atoms with Crippen LogP contribution < -0.4 is 5.32 Å². The number of rotatable bonds is 7. The molecule has 0 saturated heterocycles. The fraction of sp³-hybridized carbons (Fsp3) is 0.0952. The van der Waals surface area contributed by atoms with Gasteiger partial charge in [0.05, 0.1) is 17.1 Å². The molecule has 0 spiro atoms. The number of amides is 1. The van der Waals surface area contributed by atoms with Crippen molar-refractivity contribution in [3.8, 4) is 0 Å². The van der Waals surface area contributed by atoms with Crippen molar-refractivity contribution in [3.63, 3.8) is 0 Å². The summed E-state index contributed by atoms with van der Waals surface area (Å²) in [5, 5.41) is 3.63. The molecule has 0 aliphatic heterocycles. The van der Waals surface area contributed by atoms with Gasteiger partial charge in [0.25, 0.3) is 0 Å². The highest BCUT2D eigenvalue weighted by molar-refractivity contribution is 9.10. The van der Waals surface area contributed by atoms with E-state index in [-0.39, 0.29) is 18.0 Å². The van der Waals surface area contributed by atoms with Gasteiger partial charge in [0.2, 0.25) is 15.9 Å². The SMILES string of the molecule is O=C(CN(Cc1cccc(Cl)c1)S(=O)(=O)c1ccc(Cl)cc1)Nc1ccccc1Br. The van der Waals surface area contributed by atoms with Crippen molar-refractivity contribution in [2.45, 2.75) is 11.4 Å². The van der Waals surface area contributed by atoms with E-state index in [1.165, 1.54) is 24.3 Å². The lowest BCUT2D eigenvalue weighted by Crippen LogP contribution is -2.37. The van der Waals surface area contributed by atoms with E-state index in [9.17, 15) is 13.2 Å². The standard InChI is InChI=1S/C21H17BrCl2N2O3S/c22-19-6-1-2-7-20(19)25-21(27)14-26(13-15-4-3-5-17(24)12-15)30(28,29)18-10-8-16(23)9-11-18/h1-12H,13-14H2,(H,25,27). The molecule has 0 bridgehead atoms. The molecule has 0 radical (unpaired) electrons. The smallest absolute Gasteiger partial charge is 0.243 e. The Bertz CT molecular complexity index is 1150. The van der Waals surface area contributed by atoms with Gasteiger partial charge in [-0.15, -0.1) is 0 Å². The van der Waals surface area contributed by atoms with Crippen LogP contribution in [0.3, 0.4) is 0 Å². The number of nitrogens with one attached hydrogen (secondary N) is 1. The third kappa shape index (κ3) is 5.83. The van der Waals surface area contributed by atoms with Crippen LogP contribution in [-0.4, -0.2) is 25.2 Å². The van der Waals surface area contributed by atoms with Gasteiger partial charge in [-0.1, -0.05) is 47.5 Å². The fourth-order valence-corrected chi connectivity index (χ4v) is 4.84. The van der Waals surface area contributed by atoms with Crippen LogP contribution >= 0.6 is 39.1 Å². The predicted octanol–water partition coefficient (Wildman–Crippen LogP) is 5.59. The van der Waals surface area contributed by atoms with Gasteiger partial charge in [-0.2, -0.15) is 4.31 Å². The van der Waals surface area contributed by atoms with Crippen molar-refractivity contribution in [1.82, 2.24) is 4.31 Å². The zero-order chi connectivity index (χ0) is 21.7. The molecule has 5 nitrogen and oxygen atoms in total. The van der Waals surface area contributed by atoms with Crippen LogP contribution in [0.25, 0.3) is 0 Å². The second-order valence-corrected chi connectivity index (χ2v) is 10.1. The fourth-order valence-electron chi connectivity index (χ4n) is 2.73. The maximum atomic E-state index is 13.2. The maximum Gasteiger partial charge on any atom is 0.243 e. The topological polar surface area (TPSA) is 66.5 Å². The molecule has 0 atom stereocenters. The minimum absolute atomic E-state index is 0.0189. The number of hydrogen-bond acceptors (Lipinski definition) is 3. The molecule has 1 amide bonds. The zero-order valence-corrected chi connectivity index (χ0v) is 19.5. The highest BCUT2D eigenvalue weighted by atomic mass is 79.9. The van der Waals surface area contributed by atoms with E-state index in [2.05, 4.69) is 21.2 Å². The molecule has 0 fully saturated rings. The van der Waals surface area contributed by atoms with E-state index in [4.69, 9.17) is 23.2 Å². The Morgan fingerprint density at radius 3 is 2.30 bits per heavy atom. The minimum Gasteiger partial charge on any atom is -0.324 e. The monoisotopic (exact) mass is 526 g/mol. The first-order valence-corrected chi connectivity index (χ1v) is 11.8. The average molecular weight is 528 g/mol. The quantitative estimate of drug-likeness (QED) is 0.435. The molecule has 3 rings (SSSR count). The summed E-state index contributed by atoms with van der Waals surface area (Å²) in [4.78, 5) is 12.7. The molecule has 0 unspecified atom stereocenters. The van der Waals surface area contributed by atoms with E-state index in [1.54, 1.807) is 42.5 Å². The lowest BCUT2D eigenvalue weighted by atomic mass is 10.2. The van der Waals surface area contributed by atoms with Crippen LogP contribution in [0.15, 0.2) is 82.2 Å². The number of halogens is 3. The second kappa shape index (κ2) is 9.94. The largest absolute Gasteiger partial charge is 0.324 e. The highest BCUT2D eigenvalue weighted by Crippen LogP contribution is 2.24. The van der Waals surface area contributed by atoms with Gasteiger partial charge in [0.1, 0.15) is 0 Å². The Morgan fingerprint density at radius 1 is 0.933 bits per heavy atom. The van der Waals surface area contributed by atoms with Crippen LogP contribution in [0, 0.1) is 0 Å². The Hall–Kier alpha value is -1.90. The Morgan fingerprint density at radius 2 is 1.63 bits per heavy atom.